The number of aromatic nitrogens is 5. The standard InChI is InChI=1S/C25H15F5N6O2/c26-18-5-7-20(22(28)10-18)24(37,14-36-15-33-34-35-36)25(29,30)23-8-3-16(13-32-23)2-1-9-38-19-6-4-17(12-31)21(27)11-19/h3-8,10-11,13,15,37H,9,14H2. The van der Waals surface area contributed by atoms with Crippen molar-refractivity contribution in [3.05, 3.63) is 101 Å². The highest BCUT2D eigenvalue weighted by Crippen LogP contribution is 2.46. The number of hydrogen-bond acceptors (Lipinski definition) is 7. The maximum atomic E-state index is 15.7. The Kier molecular flexibility index (Phi) is 7.32. The fourth-order valence-electron chi connectivity index (χ4n) is 3.46. The normalized spacial score (nSPS) is 12.7. The second-order valence-corrected chi connectivity index (χ2v) is 7.84. The van der Waals surface area contributed by atoms with Gasteiger partial charge in [0.25, 0.3) is 0 Å². The minimum atomic E-state index is -4.20. The van der Waals surface area contributed by atoms with E-state index in [2.05, 4.69) is 32.4 Å². The molecule has 0 aliphatic carbocycles. The highest BCUT2D eigenvalue weighted by Gasteiger charge is 2.57. The lowest BCUT2D eigenvalue weighted by Gasteiger charge is -2.35. The van der Waals surface area contributed by atoms with Crippen LogP contribution in [0.1, 0.15) is 22.4 Å². The second kappa shape index (κ2) is 10.6. The van der Waals surface area contributed by atoms with Gasteiger partial charge < -0.3 is 9.84 Å². The van der Waals surface area contributed by atoms with Crippen molar-refractivity contribution in [3.63, 3.8) is 0 Å². The monoisotopic (exact) mass is 526 g/mol. The number of rotatable bonds is 7. The van der Waals surface area contributed by atoms with Crippen LogP contribution in [-0.4, -0.2) is 36.9 Å². The number of ether oxygens (including phenoxy) is 1. The van der Waals surface area contributed by atoms with Gasteiger partial charge >= 0.3 is 5.92 Å². The molecule has 13 heteroatoms. The zero-order chi connectivity index (χ0) is 27.3. The number of aliphatic hydroxyl groups is 1. The van der Waals surface area contributed by atoms with E-state index in [1.807, 2.05) is 0 Å². The highest BCUT2D eigenvalue weighted by molar-refractivity contribution is 5.38. The van der Waals surface area contributed by atoms with Crippen LogP contribution in [-0.2, 0) is 18.1 Å². The molecule has 2 aromatic heterocycles. The Morgan fingerprint density at radius 3 is 2.47 bits per heavy atom. The Morgan fingerprint density at radius 1 is 1.03 bits per heavy atom. The van der Waals surface area contributed by atoms with Crippen LogP contribution < -0.4 is 4.74 Å². The number of hydrogen-bond donors (Lipinski definition) is 1. The van der Waals surface area contributed by atoms with Gasteiger partial charge in [-0.25, -0.2) is 17.9 Å². The van der Waals surface area contributed by atoms with E-state index in [0.29, 0.717) is 12.1 Å². The molecule has 1 atom stereocenters. The lowest BCUT2D eigenvalue weighted by Crippen LogP contribution is -2.48. The van der Waals surface area contributed by atoms with Gasteiger partial charge in [-0.05, 0) is 46.8 Å². The number of tetrazole rings is 1. The summed E-state index contributed by atoms with van der Waals surface area (Å²) >= 11 is 0. The lowest BCUT2D eigenvalue weighted by atomic mass is 9.84. The Balaban J connectivity index is 1.56. The van der Waals surface area contributed by atoms with Crippen molar-refractivity contribution in [1.29, 1.82) is 5.26 Å². The summed E-state index contributed by atoms with van der Waals surface area (Å²) in [5.74, 6) is -2.00. The predicted octanol–water partition coefficient (Wildman–Crippen LogP) is 3.47. The summed E-state index contributed by atoms with van der Waals surface area (Å²) in [5, 5.41) is 30.0. The maximum absolute atomic E-state index is 15.7. The van der Waals surface area contributed by atoms with Crippen LogP contribution in [0.25, 0.3) is 0 Å². The molecule has 0 saturated carbocycles. The van der Waals surface area contributed by atoms with E-state index >= 15 is 8.78 Å². The van der Waals surface area contributed by atoms with Gasteiger partial charge in [-0.3, -0.25) is 4.98 Å². The van der Waals surface area contributed by atoms with Gasteiger partial charge in [0.2, 0.25) is 0 Å². The molecule has 1 unspecified atom stereocenters. The van der Waals surface area contributed by atoms with Crippen LogP contribution in [0.15, 0.2) is 61.1 Å². The Hall–Kier alpha value is -4.88. The third-order valence-electron chi connectivity index (χ3n) is 5.37. The molecule has 4 rings (SSSR count). The average molecular weight is 526 g/mol. The molecule has 0 amide bonds. The van der Waals surface area contributed by atoms with E-state index in [-0.39, 0.29) is 23.5 Å². The fraction of sp³-hybridized carbons (Fsp3) is 0.160. The first-order chi connectivity index (χ1) is 18.1. The van der Waals surface area contributed by atoms with Crippen molar-refractivity contribution in [2.24, 2.45) is 0 Å². The molecule has 192 valence electrons. The first-order valence-corrected chi connectivity index (χ1v) is 10.7. The van der Waals surface area contributed by atoms with E-state index in [9.17, 15) is 18.3 Å². The number of pyridine rings is 1. The third kappa shape index (κ3) is 5.28. The zero-order valence-corrected chi connectivity index (χ0v) is 19.1. The molecule has 0 bridgehead atoms. The molecule has 4 aromatic rings. The summed E-state index contributed by atoms with van der Waals surface area (Å²) in [7, 11) is 0. The molecule has 2 heterocycles. The van der Waals surface area contributed by atoms with Crippen molar-refractivity contribution in [3.8, 4) is 23.7 Å². The second-order valence-electron chi connectivity index (χ2n) is 7.84. The van der Waals surface area contributed by atoms with Crippen molar-refractivity contribution in [2.75, 3.05) is 6.61 Å². The van der Waals surface area contributed by atoms with E-state index in [1.165, 1.54) is 18.2 Å². The summed E-state index contributed by atoms with van der Waals surface area (Å²) in [5.41, 5.74) is -5.01. The Morgan fingerprint density at radius 2 is 1.84 bits per heavy atom. The molecule has 38 heavy (non-hydrogen) atoms. The summed E-state index contributed by atoms with van der Waals surface area (Å²) in [6.07, 6.45) is 1.96. The molecule has 1 N–H and O–H groups in total. The first kappa shape index (κ1) is 26.2. The average Bonchev–Trinajstić information content (AvgIpc) is 3.39. The van der Waals surface area contributed by atoms with Crippen molar-refractivity contribution >= 4 is 0 Å². The van der Waals surface area contributed by atoms with Gasteiger partial charge in [-0.2, -0.15) is 14.0 Å². The number of alkyl halides is 2. The van der Waals surface area contributed by atoms with Gasteiger partial charge in [0.15, 0.2) is 5.60 Å². The van der Waals surface area contributed by atoms with Crippen LogP contribution in [0.3, 0.4) is 0 Å². The van der Waals surface area contributed by atoms with Crippen LogP contribution in [0.4, 0.5) is 22.0 Å². The third-order valence-corrected chi connectivity index (χ3v) is 5.37. The number of benzene rings is 2. The predicted molar refractivity (Wildman–Crippen MR) is 120 cm³/mol. The summed E-state index contributed by atoms with van der Waals surface area (Å²) in [6, 6.07) is 9.26. The topological polar surface area (TPSA) is 110 Å². The van der Waals surface area contributed by atoms with Gasteiger partial charge in [-0.1, -0.05) is 11.8 Å². The van der Waals surface area contributed by atoms with E-state index in [0.717, 1.165) is 35.4 Å². The van der Waals surface area contributed by atoms with Crippen molar-refractivity contribution < 1.29 is 31.8 Å². The summed E-state index contributed by atoms with van der Waals surface area (Å²) < 4.78 is 79.1. The summed E-state index contributed by atoms with van der Waals surface area (Å²) in [4.78, 5) is 3.70. The molecule has 8 nitrogen and oxygen atoms in total. The van der Waals surface area contributed by atoms with Crippen LogP contribution in [0.2, 0.25) is 0 Å². The van der Waals surface area contributed by atoms with E-state index < -0.39 is 46.8 Å². The molecule has 0 fully saturated rings. The van der Waals surface area contributed by atoms with Gasteiger partial charge in [-0.15, -0.1) is 5.10 Å². The fourth-order valence-corrected chi connectivity index (χ4v) is 3.46. The Labute approximate surface area is 211 Å². The smallest absolute Gasteiger partial charge is 0.323 e. The SMILES string of the molecule is N#Cc1ccc(OCC#Cc2ccc(C(F)(F)C(O)(Cn3cnnn3)c3ccc(F)cc3F)nc2)cc1F. The molecule has 0 aliphatic rings. The largest absolute Gasteiger partial charge is 0.481 e. The van der Waals surface area contributed by atoms with Crippen LogP contribution >= 0.6 is 0 Å². The molecule has 0 saturated heterocycles. The molecule has 0 aliphatic heterocycles. The number of nitriles is 1. The van der Waals surface area contributed by atoms with Gasteiger partial charge in [0.05, 0.1) is 12.1 Å². The van der Waals surface area contributed by atoms with Gasteiger partial charge in [0, 0.05) is 29.5 Å². The molecule has 2 aromatic carbocycles. The van der Waals surface area contributed by atoms with Crippen molar-refractivity contribution in [1.82, 2.24) is 25.2 Å². The van der Waals surface area contributed by atoms with Crippen LogP contribution in [0, 0.1) is 40.6 Å². The van der Waals surface area contributed by atoms with E-state index in [4.69, 9.17) is 10.00 Å². The van der Waals surface area contributed by atoms with Crippen molar-refractivity contribution in [2.45, 2.75) is 18.1 Å². The lowest BCUT2D eigenvalue weighted by molar-refractivity contribution is -0.207. The highest BCUT2D eigenvalue weighted by atomic mass is 19.3. The number of halogens is 5. The summed E-state index contributed by atoms with van der Waals surface area (Å²) in [6.45, 7) is -1.16. The molecular weight excluding hydrogens is 511 g/mol. The minimum absolute atomic E-state index is 0.138. The zero-order valence-electron chi connectivity index (χ0n) is 19.1. The molecular formula is C25H15F5N6O2. The first-order valence-electron chi connectivity index (χ1n) is 10.7. The van der Waals surface area contributed by atoms with E-state index in [1.54, 1.807) is 6.07 Å². The van der Waals surface area contributed by atoms with Gasteiger partial charge in [0.1, 0.15) is 47.9 Å². The minimum Gasteiger partial charge on any atom is -0.481 e. The quantitative estimate of drug-likeness (QED) is 0.290. The number of nitrogens with zero attached hydrogens (tertiary/aromatic N) is 6. The van der Waals surface area contributed by atoms with Crippen LogP contribution in [0.5, 0.6) is 5.75 Å². The molecule has 0 spiro atoms. The Bertz CT molecular complexity index is 1550. The maximum Gasteiger partial charge on any atom is 0.323 e. The molecule has 0 radical (unpaired) electrons.